The van der Waals surface area contributed by atoms with Crippen LogP contribution in [0.15, 0.2) is 29.4 Å². The number of thiazole rings is 1. The Morgan fingerprint density at radius 3 is 2.50 bits per heavy atom. The summed E-state index contributed by atoms with van der Waals surface area (Å²) in [6, 6.07) is 3.89. The summed E-state index contributed by atoms with van der Waals surface area (Å²) in [6.45, 7) is 2.39. The number of methoxy groups -OCH3 is 1. The van der Waals surface area contributed by atoms with Crippen LogP contribution in [0, 0.1) is 6.92 Å². The first-order chi connectivity index (χ1) is 11.8. The molecule has 0 atom stereocenters. The molecule has 0 aliphatic heterocycles. The van der Waals surface area contributed by atoms with Gasteiger partial charge in [-0.15, -0.1) is 35.3 Å². The largest absolute Gasteiger partial charge is 0.497 e. The highest BCUT2D eigenvalue weighted by atomic mass is 127. The summed E-state index contributed by atoms with van der Waals surface area (Å²) < 4.78 is 44.5. The molecule has 0 radical (unpaired) electrons. The van der Waals surface area contributed by atoms with Crippen molar-refractivity contribution < 1.29 is 17.9 Å². The number of halogens is 4. The molecule has 0 fully saturated rings. The molecule has 2 rings (SSSR count). The smallest absolute Gasteiger partial charge is 0.416 e. The van der Waals surface area contributed by atoms with Crippen LogP contribution in [0.5, 0.6) is 5.75 Å². The average molecular weight is 500 g/mol. The van der Waals surface area contributed by atoms with Gasteiger partial charge in [-0.3, -0.25) is 4.99 Å². The molecule has 10 heteroatoms. The summed E-state index contributed by atoms with van der Waals surface area (Å²) in [5.41, 5.74) is -0.619. The Bertz CT molecular complexity index is 749. The zero-order valence-electron chi connectivity index (χ0n) is 14.5. The third-order valence-electron chi connectivity index (χ3n) is 3.37. The molecule has 1 aromatic carbocycles. The molecule has 1 heterocycles. The van der Waals surface area contributed by atoms with Crippen molar-refractivity contribution in [3.05, 3.63) is 45.4 Å². The number of aryl methyl sites for hydroxylation is 1. The zero-order chi connectivity index (χ0) is 18.4. The molecule has 2 N–H and O–H groups in total. The second kappa shape index (κ2) is 9.95. The standard InChI is InChI=1S/C16H19F3N4OS.HI/c1-10-7-21-14(25-10)9-23-15(20-2)22-8-11-4-5-12(24-3)6-13(11)16(17,18)19;/h4-7H,8-9H2,1-3H3,(H2,20,22,23);1H. The highest BCUT2D eigenvalue weighted by Gasteiger charge is 2.33. The first kappa shape index (κ1) is 22.5. The van der Waals surface area contributed by atoms with Crippen molar-refractivity contribution in [2.75, 3.05) is 14.2 Å². The monoisotopic (exact) mass is 500 g/mol. The van der Waals surface area contributed by atoms with Gasteiger partial charge in [0.25, 0.3) is 0 Å². The molecule has 1 aromatic heterocycles. The number of nitrogens with one attached hydrogen (secondary N) is 2. The zero-order valence-corrected chi connectivity index (χ0v) is 17.6. The maximum Gasteiger partial charge on any atom is 0.416 e. The van der Waals surface area contributed by atoms with Gasteiger partial charge < -0.3 is 15.4 Å². The number of ether oxygens (including phenoxy) is 1. The molecule has 0 aliphatic carbocycles. The molecule has 0 spiro atoms. The van der Waals surface area contributed by atoms with Crippen LogP contribution in [-0.4, -0.2) is 25.1 Å². The van der Waals surface area contributed by atoms with E-state index in [1.807, 2.05) is 6.92 Å². The molecule has 5 nitrogen and oxygen atoms in total. The van der Waals surface area contributed by atoms with Crippen LogP contribution in [0.3, 0.4) is 0 Å². The van der Waals surface area contributed by atoms with Gasteiger partial charge in [0, 0.05) is 24.7 Å². The first-order valence-electron chi connectivity index (χ1n) is 7.43. The SMILES string of the molecule is CN=C(NCc1ncc(C)s1)NCc1ccc(OC)cc1C(F)(F)F.I. The number of benzene rings is 1. The Hall–Kier alpha value is -1.56. The van der Waals surface area contributed by atoms with Gasteiger partial charge in [0.05, 0.1) is 19.2 Å². The van der Waals surface area contributed by atoms with E-state index in [2.05, 4.69) is 20.6 Å². The lowest BCUT2D eigenvalue weighted by Crippen LogP contribution is -2.36. The van der Waals surface area contributed by atoms with Gasteiger partial charge in [0.15, 0.2) is 5.96 Å². The van der Waals surface area contributed by atoms with Gasteiger partial charge in [-0.25, -0.2) is 4.98 Å². The Balaban J connectivity index is 0.00000338. The van der Waals surface area contributed by atoms with E-state index in [0.717, 1.165) is 16.0 Å². The number of aliphatic imine (C=N–C) groups is 1. The van der Waals surface area contributed by atoms with Gasteiger partial charge in [0.2, 0.25) is 0 Å². The third-order valence-corrected chi connectivity index (χ3v) is 4.28. The topological polar surface area (TPSA) is 58.5 Å². The number of alkyl halides is 3. The van der Waals surface area contributed by atoms with E-state index in [0.29, 0.717) is 12.5 Å². The fourth-order valence-electron chi connectivity index (χ4n) is 2.14. The summed E-state index contributed by atoms with van der Waals surface area (Å²) >= 11 is 1.55. The Kier molecular flexibility index (Phi) is 8.60. The van der Waals surface area contributed by atoms with E-state index in [1.54, 1.807) is 24.6 Å². The van der Waals surface area contributed by atoms with Crippen molar-refractivity contribution in [3.8, 4) is 5.75 Å². The maximum atomic E-state index is 13.2. The molecule has 2 aromatic rings. The lowest BCUT2D eigenvalue weighted by molar-refractivity contribution is -0.138. The highest BCUT2D eigenvalue weighted by Crippen LogP contribution is 2.34. The average Bonchev–Trinajstić information content (AvgIpc) is 2.99. The minimum absolute atomic E-state index is 0. The number of hydrogen-bond acceptors (Lipinski definition) is 4. The Morgan fingerprint density at radius 2 is 1.96 bits per heavy atom. The quantitative estimate of drug-likeness (QED) is 0.371. The predicted molar refractivity (Wildman–Crippen MR) is 107 cm³/mol. The second-order valence-electron chi connectivity index (χ2n) is 5.16. The summed E-state index contributed by atoms with van der Waals surface area (Å²) in [6.07, 6.45) is -2.69. The maximum absolute atomic E-state index is 13.2. The molecular weight excluding hydrogens is 480 g/mol. The predicted octanol–water partition coefficient (Wildman–Crippen LogP) is 3.96. The van der Waals surface area contributed by atoms with E-state index in [-0.39, 0.29) is 41.8 Å². The molecule has 0 amide bonds. The number of hydrogen-bond donors (Lipinski definition) is 2. The molecule has 0 aliphatic rings. The molecule has 0 bridgehead atoms. The normalized spacial score (nSPS) is 11.7. The summed E-state index contributed by atoms with van der Waals surface area (Å²) in [4.78, 5) is 9.32. The molecule has 0 unspecified atom stereocenters. The van der Waals surface area contributed by atoms with Gasteiger partial charge >= 0.3 is 6.18 Å². The summed E-state index contributed by atoms with van der Waals surface area (Å²) in [5.74, 6) is 0.564. The molecular formula is C16H20F3IN4OS. The number of nitrogens with zero attached hydrogens (tertiary/aromatic N) is 2. The van der Waals surface area contributed by atoms with Crippen molar-refractivity contribution in [2.45, 2.75) is 26.2 Å². The number of guanidine groups is 1. The molecule has 26 heavy (non-hydrogen) atoms. The van der Waals surface area contributed by atoms with Crippen LogP contribution in [0.4, 0.5) is 13.2 Å². The van der Waals surface area contributed by atoms with Gasteiger partial charge in [-0.05, 0) is 24.6 Å². The van der Waals surface area contributed by atoms with E-state index >= 15 is 0 Å². The fourth-order valence-corrected chi connectivity index (χ4v) is 2.87. The van der Waals surface area contributed by atoms with Crippen LogP contribution in [0.1, 0.15) is 21.0 Å². The van der Waals surface area contributed by atoms with Crippen molar-refractivity contribution in [1.82, 2.24) is 15.6 Å². The summed E-state index contributed by atoms with van der Waals surface area (Å²) in [5, 5.41) is 6.79. The summed E-state index contributed by atoms with van der Waals surface area (Å²) in [7, 11) is 2.89. The molecule has 144 valence electrons. The molecule has 0 saturated carbocycles. The highest BCUT2D eigenvalue weighted by molar-refractivity contribution is 14.0. The minimum atomic E-state index is -4.46. The fraction of sp³-hybridized carbons (Fsp3) is 0.375. The van der Waals surface area contributed by atoms with Crippen molar-refractivity contribution in [2.24, 2.45) is 4.99 Å². The van der Waals surface area contributed by atoms with Crippen LogP contribution >= 0.6 is 35.3 Å². The number of rotatable bonds is 5. The Labute approximate surface area is 171 Å². The van der Waals surface area contributed by atoms with E-state index in [1.165, 1.54) is 19.2 Å². The lowest BCUT2D eigenvalue weighted by atomic mass is 10.1. The van der Waals surface area contributed by atoms with Crippen molar-refractivity contribution >= 4 is 41.3 Å². The Morgan fingerprint density at radius 1 is 1.27 bits per heavy atom. The van der Waals surface area contributed by atoms with Crippen LogP contribution in [-0.2, 0) is 19.3 Å². The first-order valence-corrected chi connectivity index (χ1v) is 8.25. The van der Waals surface area contributed by atoms with Gasteiger partial charge in [0.1, 0.15) is 10.8 Å². The number of aromatic nitrogens is 1. The van der Waals surface area contributed by atoms with Crippen LogP contribution in [0.2, 0.25) is 0 Å². The van der Waals surface area contributed by atoms with Crippen molar-refractivity contribution in [3.63, 3.8) is 0 Å². The third kappa shape index (κ3) is 6.31. The van der Waals surface area contributed by atoms with E-state index in [9.17, 15) is 13.2 Å². The van der Waals surface area contributed by atoms with Gasteiger partial charge in [-0.2, -0.15) is 13.2 Å². The lowest BCUT2D eigenvalue weighted by Gasteiger charge is -2.16. The van der Waals surface area contributed by atoms with Crippen LogP contribution in [0.25, 0.3) is 0 Å². The second-order valence-corrected chi connectivity index (χ2v) is 6.48. The van der Waals surface area contributed by atoms with E-state index < -0.39 is 11.7 Å². The van der Waals surface area contributed by atoms with Crippen molar-refractivity contribution in [1.29, 1.82) is 0 Å². The van der Waals surface area contributed by atoms with Gasteiger partial charge in [-0.1, -0.05) is 6.07 Å². The molecule has 0 saturated heterocycles. The minimum Gasteiger partial charge on any atom is -0.497 e. The van der Waals surface area contributed by atoms with E-state index in [4.69, 9.17) is 4.74 Å². The van der Waals surface area contributed by atoms with Crippen LogP contribution < -0.4 is 15.4 Å².